The third-order valence-corrected chi connectivity index (χ3v) is 1.54. The molecule has 0 amide bonds. The standard InChI is InChI=1S/C9H18N2/c1-3-4-8-11(2)9-6-5-7-10/h4H,1,5-10H2,2H3. The minimum Gasteiger partial charge on any atom is -0.330 e. The van der Waals surface area contributed by atoms with Gasteiger partial charge in [-0.3, -0.25) is 0 Å². The minimum absolute atomic E-state index is 0.797. The van der Waals surface area contributed by atoms with Crippen LogP contribution in [-0.4, -0.2) is 31.6 Å². The van der Waals surface area contributed by atoms with Crippen molar-refractivity contribution in [3.05, 3.63) is 18.4 Å². The van der Waals surface area contributed by atoms with Crippen LogP contribution in [0.3, 0.4) is 0 Å². The Morgan fingerprint density at radius 2 is 2.27 bits per heavy atom. The minimum atomic E-state index is 0.797. The zero-order chi connectivity index (χ0) is 8.53. The summed E-state index contributed by atoms with van der Waals surface area (Å²) < 4.78 is 0. The van der Waals surface area contributed by atoms with Crippen molar-refractivity contribution in [1.29, 1.82) is 0 Å². The molecule has 0 fully saturated rings. The van der Waals surface area contributed by atoms with Crippen LogP contribution < -0.4 is 5.73 Å². The smallest absolute Gasteiger partial charge is 0.0234 e. The summed E-state index contributed by atoms with van der Waals surface area (Å²) in [5.74, 6) is 0. The fourth-order valence-electron chi connectivity index (χ4n) is 0.838. The summed E-state index contributed by atoms with van der Waals surface area (Å²) in [4.78, 5) is 2.23. The predicted octanol–water partition coefficient (Wildman–Crippen LogP) is 0.998. The van der Waals surface area contributed by atoms with Gasteiger partial charge in [-0.15, -0.1) is 5.73 Å². The molecule has 64 valence electrons. The van der Waals surface area contributed by atoms with E-state index < -0.39 is 0 Å². The Labute approximate surface area is 69.4 Å². The molecule has 0 aliphatic heterocycles. The van der Waals surface area contributed by atoms with Crippen molar-refractivity contribution in [2.45, 2.75) is 12.8 Å². The van der Waals surface area contributed by atoms with E-state index in [4.69, 9.17) is 5.73 Å². The molecule has 0 atom stereocenters. The molecule has 0 bridgehead atoms. The van der Waals surface area contributed by atoms with E-state index in [-0.39, 0.29) is 0 Å². The van der Waals surface area contributed by atoms with Gasteiger partial charge in [0, 0.05) is 6.54 Å². The molecule has 0 spiro atoms. The molecule has 0 aromatic rings. The van der Waals surface area contributed by atoms with Gasteiger partial charge in [-0.2, -0.15) is 0 Å². The van der Waals surface area contributed by atoms with Gasteiger partial charge < -0.3 is 10.6 Å². The van der Waals surface area contributed by atoms with Crippen molar-refractivity contribution in [2.24, 2.45) is 5.73 Å². The summed E-state index contributed by atoms with van der Waals surface area (Å²) in [7, 11) is 2.09. The normalized spacial score (nSPS) is 9.73. The van der Waals surface area contributed by atoms with Gasteiger partial charge >= 0.3 is 0 Å². The second kappa shape index (κ2) is 7.55. The summed E-state index contributed by atoms with van der Waals surface area (Å²) in [6.07, 6.45) is 4.22. The monoisotopic (exact) mass is 154 g/mol. The van der Waals surface area contributed by atoms with E-state index in [0.29, 0.717) is 0 Å². The third kappa shape index (κ3) is 7.34. The predicted molar refractivity (Wildman–Crippen MR) is 49.5 cm³/mol. The van der Waals surface area contributed by atoms with Crippen molar-refractivity contribution in [3.63, 3.8) is 0 Å². The molecule has 11 heavy (non-hydrogen) atoms. The van der Waals surface area contributed by atoms with Crippen molar-refractivity contribution in [2.75, 3.05) is 26.7 Å². The lowest BCUT2D eigenvalue weighted by atomic mass is 10.3. The average molecular weight is 154 g/mol. The topological polar surface area (TPSA) is 29.3 Å². The highest BCUT2D eigenvalue weighted by Gasteiger charge is 1.92. The van der Waals surface area contributed by atoms with E-state index in [1.165, 1.54) is 6.42 Å². The SMILES string of the molecule is C=C=CCN(C)CCCCN. The lowest BCUT2D eigenvalue weighted by Crippen LogP contribution is -2.20. The van der Waals surface area contributed by atoms with Crippen molar-refractivity contribution >= 4 is 0 Å². The highest BCUT2D eigenvalue weighted by Crippen LogP contribution is 1.90. The van der Waals surface area contributed by atoms with Crippen molar-refractivity contribution in [3.8, 4) is 0 Å². The van der Waals surface area contributed by atoms with Gasteiger partial charge in [0.05, 0.1) is 0 Å². The zero-order valence-corrected chi connectivity index (χ0v) is 7.34. The maximum atomic E-state index is 5.37. The molecule has 0 radical (unpaired) electrons. The second-order valence-corrected chi connectivity index (χ2v) is 2.67. The Hall–Kier alpha value is -0.560. The van der Waals surface area contributed by atoms with Gasteiger partial charge in [-0.05, 0) is 39.1 Å². The third-order valence-electron chi connectivity index (χ3n) is 1.54. The van der Waals surface area contributed by atoms with Gasteiger partial charge in [0.25, 0.3) is 0 Å². The average Bonchev–Trinajstić information content (AvgIpc) is 2.01. The summed E-state index contributed by atoms with van der Waals surface area (Å²) >= 11 is 0. The molecule has 0 aromatic heterocycles. The fraction of sp³-hybridized carbons (Fsp3) is 0.667. The van der Waals surface area contributed by atoms with Gasteiger partial charge in [0.2, 0.25) is 0 Å². The van der Waals surface area contributed by atoms with E-state index in [1.807, 2.05) is 6.08 Å². The lowest BCUT2D eigenvalue weighted by molar-refractivity contribution is 0.360. The highest BCUT2D eigenvalue weighted by molar-refractivity contribution is 4.78. The maximum Gasteiger partial charge on any atom is 0.0234 e. The summed E-state index contributed by atoms with van der Waals surface area (Å²) in [5.41, 5.74) is 8.11. The van der Waals surface area contributed by atoms with Crippen LogP contribution in [0.2, 0.25) is 0 Å². The number of unbranched alkanes of at least 4 members (excludes halogenated alkanes) is 1. The van der Waals surface area contributed by atoms with E-state index in [0.717, 1.165) is 26.1 Å². The van der Waals surface area contributed by atoms with Crippen molar-refractivity contribution < 1.29 is 0 Å². The Morgan fingerprint density at radius 1 is 1.55 bits per heavy atom. The molecular formula is C9H18N2. The Bertz CT molecular complexity index is 126. The quantitative estimate of drug-likeness (QED) is 0.457. The van der Waals surface area contributed by atoms with Gasteiger partial charge in [-0.1, -0.05) is 6.58 Å². The maximum absolute atomic E-state index is 5.37. The molecule has 0 aliphatic carbocycles. The van der Waals surface area contributed by atoms with Crippen LogP contribution in [0.1, 0.15) is 12.8 Å². The Kier molecular flexibility index (Phi) is 7.16. The van der Waals surface area contributed by atoms with Gasteiger partial charge in [0.15, 0.2) is 0 Å². The first-order chi connectivity index (χ1) is 5.31. The van der Waals surface area contributed by atoms with Crippen LogP contribution in [0.25, 0.3) is 0 Å². The molecule has 0 aliphatic rings. The molecule has 2 nitrogen and oxygen atoms in total. The van der Waals surface area contributed by atoms with Crippen LogP contribution in [0, 0.1) is 0 Å². The Morgan fingerprint density at radius 3 is 2.82 bits per heavy atom. The van der Waals surface area contributed by atoms with E-state index in [2.05, 4.69) is 24.3 Å². The zero-order valence-electron chi connectivity index (χ0n) is 7.34. The van der Waals surface area contributed by atoms with Crippen LogP contribution in [0.15, 0.2) is 18.4 Å². The molecular weight excluding hydrogens is 136 g/mol. The fourth-order valence-corrected chi connectivity index (χ4v) is 0.838. The molecule has 2 heteroatoms. The number of nitrogens with zero attached hydrogens (tertiary/aromatic N) is 1. The Balaban J connectivity index is 3.21. The number of hydrogen-bond donors (Lipinski definition) is 1. The summed E-state index contributed by atoms with van der Waals surface area (Å²) in [6.45, 7) is 6.34. The molecule has 0 rings (SSSR count). The summed E-state index contributed by atoms with van der Waals surface area (Å²) in [6, 6.07) is 0. The van der Waals surface area contributed by atoms with E-state index in [1.54, 1.807) is 0 Å². The largest absolute Gasteiger partial charge is 0.330 e. The first-order valence-electron chi connectivity index (χ1n) is 4.04. The first kappa shape index (κ1) is 10.4. The molecule has 0 aromatic carbocycles. The van der Waals surface area contributed by atoms with E-state index in [9.17, 15) is 0 Å². The number of rotatable bonds is 6. The number of hydrogen-bond acceptors (Lipinski definition) is 2. The number of nitrogens with two attached hydrogens (primary N) is 1. The molecule has 2 N–H and O–H groups in total. The first-order valence-corrected chi connectivity index (χ1v) is 4.04. The van der Waals surface area contributed by atoms with Crippen LogP contribution in [0.4, 0.5) is 0 Å². The van der Waals surface area contributed by atoms with Gasteiger partial charge in [-0.25, -0.2) is 0 Å². The molecule has 0 saturated carbocycles. The van der Waals surface area contributed by atoms with E-state index >= 15 is 0 Å². The van der Waals surface area contributed by atoms with Crippen molar-refractivity contribution in [1.82, 2.24) is 4.90 Å². The summed E-state index contributed by atoms with van der Waals surface area (Å²) in [5, 5.41) is 0. The highest BCUT2D eigenvalue weighted by atomic mass is 15.1. The van der Waals surface area contributed by atoms with Crippen LogP contribution >= 0.6 is 0 Å². The molecule has 0 heterocycles. The molecule has 0 unspecified atom stereocenters. The lowest BCUT2D eigenvalue weighted by Gasteiger charge is -2.12. The molecule has 0 saturated heterocycles. The number of likely N-dealkylation sites (N-methyl/N-ethyl adjacent to an activating group) is 1. The van der Waals surface area contributed by atoms with Crippen LogP contribution in [0.5, 0.6) is 0 Å². The second-order valence-electron chi connectivity index (χ2n) is 2.67. The van der Waals surface area contributed by atoms with Crippen LogP contribution in [-0.2, 0) is 0 Å². The van der Waals surface area contributed by atoms with Gasteiger partial charge in [0.1, 0.15) is 0 Å².